The molecule has 2 aliphatic heterocycles. The minimum Gasteiger partial charge on any atom is -0.348 e. The second-order valence-corrected chi connectivity index (χ2v) is 8.73. The molecule has 2 aliphatic rings. The van der Waals surface area contributed by atoms with Gasteiger partial charge < -0.3 is 15.1 Å². The third kappa shape index (κ3) is 3.79. The van der Waals surface area contributed by atoms with E-state index in [1.54, 1.807) is 0 Å². The molecule has 0 spiro atoms. The van der Waals surface area contributed by atoms with Crippen molar-refractivity contribution in [1.82, 2.24) is 29.8 Å². The highest BCUT2D eigenvalue weighted by Gasteiger charge is 2.38. The molecule has 3 heterocycles. The number of carbonyl (C=O) groups is 1. The zero-order valence-electron chi connectivity index (χ0n) is 17.4. The van der Waals surface area contributed by atoms with Gasteiger partial charge in [-0.1, -0.05) is 18.2 Å². The highest BCUT2D eigenvalue weighted by Crippen LogP contribution is 2.27. The molecule has 0 saturated carbocycles. The largest absolute Gasteiger partial charge is 0.348 e. The lowest BCUT2D eigenvalue weighted by Gasteiger charge is -2.50. The predicted molar refractivity (Wildman–Crippen MR) is 112 cm³/mol. The molecule has 0 aliphatic carbocycles. The van der Waals surface area contributed by atoms with E-state index in [1.807, 2.05) is 43.0 Å². The Bertz CT molecular complexity index is 831. The van der Waals surface area contributed by atoms with Gasteiger partial charge in [-0.15, -0.1) is 0 Å². The molecular weight excluding hydrogens is 352 g/mol. The first kappa shape index (κ1) is 19.4. The van der Waals surface area contributed by atoms with E-state index in [2.05, 4.69) is 39.2 Å². The number of hydrogen-bond acceptors (Lipinski definition) is 5. The Balaban J connectivity index is 1.51. The van der Waals surface area contributed by atoms with Crippen LogP contribution >= 0.6 is 0 Å². The molecule has 2 aromatic rings. The molecule has 28 heavy (non-hydrogen) atoms. The molecule has 1 aromatic heterocycles. The fourth-order valence-corrected chi connectivity index (χ4v) is 4.72. The van der Waals surface area contributed by atoms with E-state index in [0.29, 0.717) is 17.8 Å². The number of aromatic nitrogens is 2. The summed E-state index contributed by atoms with van der Waals surface area (Å²) in [4.78, 5) is 20.2. The number of fused-ring (bicyclic) bond motifs is 3. The van der Waals surface area contributed by atoms with Crippen molar-refractivity contribution in [2.75, 3.05) is 47.8 Å². The summed E-state index contributed by atoms with van der Waals surface area (Å²) < 4.78 is 1.96. The smallest absolute Gasteiger partial charge is 0.272 e. The fourth-order valence-electron chi connectivity index (χ4n) is 4.72. The maximum absolute atomic E-state index is 13.1. The Labute approximate surface area is 167 Å². The average Bonchev–Trinajstić information content (AvgIpc) is 3.01. The number of carbonyl (C=O) groups excluding carboxylic acids is 1. The van der Waals surface area contributed by atoms with Crippen molar-refractivity contribution in [2.24, 2.45) is 0 Å². The van der Waals surface area contributed by atoms with Gasteiger partial charge in [0.15, 0.2) is 5.69 Å². The van der Waals surface area contributed by atoms with Crippen molar-refractivity contribution in [3.8, 4) is 0 Å². The summed E-state index contributed by atoms with van der Waals surface area (Å²) in [5.41, 5.74) is 1.58. The van der Waals surface area contributed by atoms with Gasteiger partial charge in [-0.2, -0.15) is 5.10 Å². The van der Waals surface area contributed by atoms with Crippen LogP contribution in [0.15, 0.2) is 24.3 Å². The van der Waals surface area contributed by atoms with E-state index in [-0.39, 0.29) is 11.9 Å². The molecule has 152 valence electrons. The molecule has 2 atom stereocenters. The van der Waals surface area contributed by atoms with Gasteiger partial charge in [-0.05, 0) is 47.1 Å². The molecule has 2 unspecified atom stereocenters. The summed E-state index contributed by atoms with van der Waals surface area (Å²) in [6, 6.07) is 9.28. The third-order valence-electron chi connectivity index (χ3n) is 6.28. The molecular formula is C21H32N6O. The van der Waals surface area contributed by atoms with Crippen molar-refractivity contribution in [1.29, 1.82) is 0 Å². The summed E-state index contributed by atoms with van der Waals surface area (Å²) in [6.45, 7) is 3.80. The summed E-state index contributed by atoms with van der Waals surface area (Å²) >= 11 is 0. The van der Waals surface area contributed by atoms with Gasteiger partial charge >= 0.3 is 0 Å². The number of hydrogen-bond donors (Lipinski definition) is 1. The molecule has 1 aromatic carbocycles. The molecule has 4 rings (SSSR count). The van der Waals surface area contributed by atoms with Gasteiger partial charge in [-0.25, -0.2) is 0 Å². The lowest BCUT2D eigenvalue weighted by molar-refractivity contribution is 0.00837. The van der Waals surface area contributed by atoms with Crippen LogP contribution in [0.5, 0.6) is 0 Å². The SMILES string of the molecule is CN(C)CCn1nc(C(=O)NC2CC3CN(C)CC(C2)N3C)c2ccccc21. The Kier molecular flexibility index (Phi) is 5.40. The summed E-state index contributed by atoms with van der Waals surface area (Å²) in [5, 5.41) is 8.92. The predicted octanol–water partition coefficient (Wildman–Crippen LogP) is 1.10. The number of nitrogens with zero attached hydrogens (tertiary/aromatic N) is 5. The van der Waals surface area contributed by atoms with Crippen molar-refractivity contribution in [3.05, 3.63) is 30.0 Å². The number of piperazine rings is 1. The molecule has 7 heteroatoms. The van der Waals surface area contributed by atoms with Crippen molar-refractivity contribution < 1.29 is 4.79 Å². The van der Waals surface area contributed by atoms with Gasteiger partial charge in [0.1, 0.15) is 0 Å². The van der Waals surface area contributed by atoms with Crippen LogP contribution in [-0.4, -0.2) is 96.3 Å². The number of likely N-dealkylation sites (N-methyl/N-ethyl adjacent to an activating group) is 3. The van der Waals surface area contributed by atoms with Crippen LogP contribution in [-0.2, 0) is 6.54 Å². The summed E-state index contributed by atoms with van der Waals surface area (Å²) in [6.07, 6.45) is 2.00. The minimum absolute atomic E-state index is 0.0409. The second kappa shape index (κ2) is 7.81. The highest BCUT2D eigenvalue weighted by atomic mass is 16.2. The number of rotatable bonds is 5. The van der Waals surface area contributed by atoms with Gasteiger partial charge in [0.25, 0.3) is 5.91 Å². The van der Waals surface area contributed by atoms with Crippen LogP contribution in [0, 0.1) is 0 Å². The monoisotopic (exact) mass is 384 g/mol. The zero-order chi connectivity index (χ0) is 19.8. The number of piperidine rings is 1. The fraction of sp³-hybridized carbons (Fsp3) is 0.619. The van der Waals surface area contributed by atoms with Crippen LogP contribution in [0.4, 0.5) is 0 Å². The molecule has 7 nitrogen and oxygen atoms in total. The lowest BCUT2D eigenvalue weighted by Crippen LogP contribution is -2.63. The van der Waals surface area contributed by atoms with Gasteiger partial charge in [0.05, 0.1) is 12.1 Å². The molecule has 2 bridgehead atoms. The van der Waals surface area contributed by atoms with Crippen LogP contribution in [0.2, 0.25) is 0 Å². The average molecular weight is 385 g/mol. The van der Waals surface area contributed by atoms with E-state index >= 15 is 0 Å². The Morgan fingerprint density at radius 3 is 2.54 bits per heavy atom. The second-order valence-electron chi connectivity index (χ2n) is 8.73. The topological polar surface area (TPSA) is 56.6 Å². The molecule has 1 N–H and O–H groups in total. The van der Waals surface area contributed by atoms with E-state index in [1.165, 1.54) is 0 Å². The van der Waals surface area contributed by atoms with Gasteiger partial charge in [-0.3, -0.25) is 14.4 Å². The van der Waals surface area contributed by atoms with Crippen LogP contribution < -0.4 is 5.32 Å². The number of para-hydroxylation sites is 1. The Morgan fingerprint density at radius 1 is 1.18 bits per heavy atom. The van der Waals surface area contributed by atoms with Crippen molar-refractivity contribution >= 4 is 16.8 Å². The molecule has 0 radical (unpaired) electrons. The van der Waals surface area contributed by atoms with Gasteiger partial charge in [0, 0.05) is 43.1 Å². The van der Waals surface area contributed by atoms with E-state index < -0.39 is 0 Å². The summed E-state index contributed by atoms with van der Waals surface area (Å²) in [7, 11) is 8.51. The number of likely N-dealkylation sites (tertiary alicyclic amines) is 1. The maximum atomic E-state index is 13.1. The number of benzene rings is 1. The van der Waals surface area contributed by atoms with Crippen LogP contribution in [0.1, 0.15) is 23.3 Å². The van der Waals surface area contributed by atoms with E-state index in [0.717, 1.165) is 49.9 Å². The maximum Gasteiger partial charge on any atom is 0.272 e. The van der Waals surface area contributed by atoms with Crippen LogP contribution in [0.3, 0.4) is 0 Å². The van der Waals surface area contributed by atoms with E-state index in [4.69, 9.17) is 0 Å². The molecule has 2 saturated heterocycles. The zero-order valence-corrected chi connectivity index (χ0v) is 17.4. The Morgan fingerprint density at radius 2 is 1.86 bits per heavy atom. The molecule has 1 amide bonds. The van der Waals surface area contributed by atoms with Crippen molar-refractivity contribution in [3.63, 3.8) is 0 Å². The lowest BCUT2D eigenvalue weighted by atomic mass is 9.88. The van der Waals surface area contributed by atoms with Crippen molar-refractivity contribution in [2.45, 2.75) is 37.5 Å². The number of nitrogens with one attached hydrogen (secondary N) is 1. The highest BCUT2D eigenvalue weighted by molar-refractivity contribution is 6.05. The normalized spacial score (nSPS) is 26.1. The standard InChI is InChI=1S/C21H32N6O/c1-24(2)9-10-27-19-8-6-5-7-18(19)20(23-27)21(28)22-15-11-16-13-25(3)14-17(12-15)26(16)4/h5-8,15-17H,9-14H2,1-4H3,(H,22,28). The quantitative estimate of drug-likeness (QED) is 0.837. The first-order chi connectivity index (χ1) is 13.4. The first-order valence-corrected chi connectivity index (χ1v) is 10.2. The third-order valence-corrected chi connectivity index (χ3v) is 6.28. The Hall–Kier alpha value is -1.96. The molecule has 2 fully saturated rings. The first-order valence-electron chi connectivity index (χ1n) is 10.2. The minimum atomic E-state index is -0.0409. The number of amides is 1. The summed E-state index contributed by atoms with van der Waals surface area (Å²) in [5.74, 6) is -0.0409. The van der Waals surface area contributed by atoms with Crippen LogP contribution in [0.25, 0.3) is 10.9 Å². The van der Waals surface area contributed by atoms with Gasteiger partial charge in [0.2, 0.25) is 0 Å². The van der Waals surface area contributed by atoms with E-state index in [9.17, 15) is 4.79 Å².